The van der Waals surface area contributed by atoms with Crippen LogP contribution >= 0.6 is 0 Å². The third-order valence-corrected chi connectivity index (χ3v) is 4.80. The molecule has 0 unspecified atom stereocenters. The summed E-state index contributed by atoms with van der Waals surface area (Å²) in [5, 5.41) is 10.2. The Labute approximate surface area is 140 Å². The van der Waals surface area contributed by atoms with Crippen molar-refractivity contribution in [2.24, 2.45) is 5.41 Å². The Bertz CT molecular complexity index is 609. The van der Waals surface area contributed by atoms with Gasteiger partial charge in [0.25, 0.3) is 0 Å². The second-order valence-electron chi connectivity index (χ2n) is 7.36. The molecule has 2 rings (SSSR count). The highest BCUT2D eigenvalue weighted by molar-refractivity contribution is 5.33. The Morgan fingerprint density at radius 3 is 2.17 bits per heavy atom. The summed E-state index contributed by atoms with van der Waals surface area (Å²) in [5.74, 6) is 1.73. The topological polar surface area (TPSA) is 29.5 Å². The van der Waals surface area contributed by atoms with E-state index in [1.54, 1.807) is 0 Å². The van der Waals surface area contributed by atoms with Gasteiger partial charge < -0.3 is 9.84 Å². The summed E-state index contributed by atoms with van der Waals surface area (Å²) in [5.41, 5.74) is 0.515. The highest BCUT2D eigenvalue weighted by atomic mass is 16.5. The Morgan fingerprint density at radius 2 is 1.52 bits per heavy atom. The Morgan fingerprint density at radius 1 is 0.870 bits per heavy atom. The molecule has 0 fully saturated rings. The Kier molecular flexibility index (Phi) is 5.48. The van der Waals surface area contributed by atoms with Crippen molar-refractivity contribution in [1.29, 1.82) is 0 Å². The fourth-order valence-electron chi connectivity index (χ4n) is 2.43. The van der Waals surface area contributed by atoms with Crippen molar-refractivity contribution in [3.8, 4) is 11.5 Å². The lowest BCUT2D eigenvalue weighted by atomic mass is 9.73. The second kappa shape index (κ2) is 7.18. The van der Waals surface area contributed by atoms with Crippen LogP contribution in [0.1, 0.15) is 46.1 Å². The number of hydrogen-bond acceptors (Lipinski definition) is 2. The Balaban J connectivity index is 1.93. The molecule has 124 valence electrons. The average molecular weight is 312 g/mol. The minimum atomic E-state index is -0.661. The summed E-state index contributed by atoms with van der Waals surface area (Å²) in [6, 6.07) is 18.1. The van der Waals surface area contributed by atoms with Gasteiger partial charge in [-0.15, -0.1) is 0 Å². The third-order valence-electron chi connectivity index (χ3n) is 4.80. The van der Waals surface area contributed by atoms with Crippen LogP contribution in [0.5, 0.6) is 11.5 Å². The smallest absolute Gasteiger partial charge is 0.127 e. The highest BCUT2D eigenvalue weighted by Crippen LogP contribution is 2.35. The van der Waals surface area contributed by atoms with Crippen molar-refractivity contribution in [2.75, 3.05) is 0 Å². The van der Waals surface area contributed by atoms with Crippen LogP contribution in [0.2, 0.25) is 0 Å². The first-order valence-electron chi connectivity index (χ1n) is 8.32. The molecule has 0 aliphatic heterocycles. The molecule has 0 heterocycles. The van der Waals surface area contributed by atoms with Gasteiger partial charge in [0.2, 0.25) is 0 Å². The zero-order valence-electron chi connectivity index (χ0n) is 14.7. The van der Waals surface area contributed by atoms with Crippen molar-refractivity contribution in [1.82, 2.24) is 0 Å². The molecule has 0 atom stereocenters. The van der Waals surface area contributed by atoms with Crippen LogP contribution in [0.4, 0.5) is 0 Å². The summed E-state index contributed by atoms with van der Waals surface area (Å²) >= 11 is 0. The molecule has 0 spiro atoms. The number of benzene rings is 2. The number of ether oxygens (including phenoxy) is 1. The predicted molar refractivity (Wildman–Crippen MR) is 96.0 cm³/mol. The normalized spacial score (nSPS) is 12.2. The molecule has 1 N–H and O–H groups in total. The van der Waals surface area contributed by atoms with E-state index in [1.165, 1.54) is 5.56 Å². The molecular weight excluding hydrogens is 284 g/mol. The van der Waals surface area contributed by atoms with Gasteiger partial charge in [0.15, 0.2) is 0 Å². The van der Waals surface area contributed by atoms with E-state index in [4.69, 9.17) is 4.74 Å². The molecule has 2 aromatic carbocycles. The number of para-hydroxylation sites is 1. The molecule has 0 aromatic heterocycles. The molecule has 0 saturated heterocycles. The lowest BCUT2D eigenvalue weighted by molar-refractivity contribution is -0.0401. The van der Waals surface area contributed by atoms with Crippen LogP contribution in [0.15, 0.2) is 54.6 Å². The summed E-state index contributed by atoms with van der Waals surface area (Å²) < 4.78 is 5.88. The van der Waals surface area contributed by atoms with E-state index in [2.05, 4.69) is 26.0 Å². The maximum atomic E-state index is 10.2. The van der Waals surface area contributed by atoms with Gasteiger partial charge >= 0.3 is 0 Å². The molecule has 0 radical (unpaired) electrons. The molecule has 23 heavy (non-hydrogen) atoms. The zero-order chi connectivity index (χ0) is 16.9. The van der Waals surface area contributed by atoms with Gasteiger partial charge in [-0.2, -0.15) is 0 Å². The fourth-order valence-corrected chi connectivity index (χ4v) is 2.43. The maximum Gasteiger partial charge on any atom is 0.127 e. The number of rotatable bonds is 7. The summed E-state index contributed by atoms with van der Waals surface area (Å²) in [6.45, 7) is 8.03. The lowest BCUT2D eigenvalue weighted by Gasteiger charge is -2.37. The molecule has 0 aliphatic rings. The van der Waals surface area contributed by atoms with Crippen molar-refractivity contribution in [3.63, 3.8) is 0 Å². The molecular formula is C21H28O2. The fraction of sp³-hybridized carbons (Fsp3) is 0.429. The van der Waals surface area contributed by atoms with Crippen molar-refractivity contribution in [3.05, 3.63) is 60.2 Å². The average Bonchev–Trinajstić information content (AvgIpc) is 2.47. The van der Waals surface area contributed by atoms with E-state index in [0.29, 0.717) is 0 Å². The van der Waals surface area contributed by atoms with Gasteiger partial charge in [-0.3, -0.25) is 0 Å². The van der Waals surface area contributed by atoms with Gasteiger partial charge in [-0.05, 0) is 68.4 Å². The SMILES string of the molecule is CC(C)(O)C(C)(C)CCCc1cccc(Oc2ccccc2)c1. The monoisotopic (exact) mass is 312 g/mol. The Hall–Kier alpha value is -1.80. The molecule has 2 heteroatoms. The van der Waals surface area contributed by atoms with Crippen molar-refractivity contribution in [2.45, 2.75) is 52.6 Å². The molecule has 0 amide bonds. The van der Waals surface area contributed by atoms with Crippen LogP contribution in [-0.4, -0.2) is 10.7 Å². The van der Waals surface area contributed by atoms with Crippen LogP contribution in [0.3, 0.4) is 0 Å². The zero-order valence-corrected chi connectivity index (χ0v) is 14.7. The second-order valence-corrected chi connectivity index (χ2v) is 7.36. The molecule has 0 bridgehead atoms. The molecule has 0 saturated carbocycles. The van der Waals surface area contributed by atoms with E-state index in [1.807, 2.05) is 56.3 Å². The van der Waals surface area contributed by atoms with E-state index in [0.717, 1.165) is 30.8 Å². The van der Waals surface area contributed by atoms with Gasteiger partial charge in [-0.25, -0.2) is 0 Å². The minimum Gasteiger partial charge on any atom is -0.457 e. The summed E-state index contributed by atoms with van der Waals surface area (Å²) in [4.78, 5) is 0. The third kappa shape index (κ3) is 5.11. The highest BCUT2D eigenvalue weighted by Gasteiger charge is 2.34. The number of aliphatic hydroxyl groups is 1. The van der Waals surface area contributed by atoms with Crippen LogP contribution < -0.4 is 4.74 Å². The van der Waals surface area contributed by atoms with Gasteiger partial charge in [0.05, 0.1) is 5.60 Å². The molecule has 2 nitrogen and oxygen atoms in total. The first-order valence-corrected chi connectivity index (χ1v) is 8.32. The minimum absolute atomic E-state index is 0.0921. The quantitative estimate of drug-likeness (QED) is 0.721. The van der Waals surface area contributed by atoms with Crippen LogP contribution in [0.25, 0.3) is 0 Å². The van der Waals surface area contributed by atoms with Gasteiger partial charge in [0.1, 0.15) is 11.5 Å². The standard InChI is InChI=1S/C21H28O2/c1-20(2,21(3,4)22)15-9-11-17-10-8-14-19(16-17)23-18-12-6-5-7-13-18/h5-8,10,12-14,16,22H,9,11,15H2,1-4H3. The van der Waals surface area contributed by atoms with Gasteiger partial charge in [0, 0.05) is 0 Å². The largest absolute Gasteiger partial charge is 0.457 e. The maximum absolute atomic E-state index is 10.2. The number of aryl methyl sites for hydroxylation is 1. The van der Waals surface area contributed by atoms with E-state index < -0.39 is 5.60 Å². The summed E-state index contributed by atoms with van der Waals surface area (Å²) in [7, 11) is 0. The van der Waals surface area contributed by atoms with Crippen molar-refractivity contribution < 1.29 is 9.84 Å². The van der Waals surface area contributed by atoms with E-state index in [-0.39, 0.29) is 5.41 Å². The molecule has 0 aliphatic carbocycles. The predicted octanol–water partition coefficient (Wildman–Crippen LogP) is 5.60. The summed E-state index contributed by atoms with van der Waals surface area (Å²) in [6.07, 6.45) is 3.03. The van der Waals surface area contributed by atoms with Crippen LogP contribution in [-0.2, 0) is 6.42 Å². The first kappa shape index (κ1) is 17.6. The lowest BCUT2D eigenvalue weighted by Crippen LogP contribution is -2.38. The van der Waals surface area contributed by atoms with E-state index in [9.17, 15) is 5.11 Å². The van der Waals surface area contributed by atoms with E-state index >= 15 is 0 Å². The van der Waals surface area contributed by atoms with Gasteiger partial charge in [-0.1, -0.05) is 44.2 Å². The van der Waals surface area contributed by atoms with Crippen molar-refractivity contribution >= 4 is 0 Å². The van der Waals surface area contributed by atoms with Crippen LogP contribution in [0, 0.1) is 5.41 Å². The first-order chi connectivity index (χ1) is 10.8. The molecule has 2 aromatic rings. The number of hydrogen-bond donors (Lipinski definition) is 1.